The van der Waals surface area contributed by atoms with Crippen LogP contribution in [0.2, 0.25) is 0 Å². The highest BCUT2D eigenvalue weighted by molar-refractivity contribution is 5.96. The van der Waals surface area contributed by atoms with E-state index >= 15 is 0 Å². The minimum absolute atomic E-state index is 0.00894. The molecule has 0 aliphatic rings. The maximum atomic E-state index is 13.3. The number of nitrogens with zero attached hydrogens (tertiary/aromatic N) is 2. The summed E-state index contributed by atoms with van der Waals surface area (Å²) in [6.45, 7) is 1.73. The molecule has 2 aromatic carbocycles. The average molecular weight is 421 g/mol. The van der Waals surface area contributed by atoms with Gasteiger partial charge in [0.2, 0.25) is 5.91 Å². The van der Waals surface area contributed by atoms with E-state index in [1.165, 1.54) is 0 Å². The Morgan fingerprint density at radius 3 is 2.23 bits per heavy atom. The summed E-state index contributed by atoms with van der Waals surface area (Å²) in [6.07, 6.45) is 2.25. The van der Waals surface area contributed by atoms with Gasteiger partial charge in [0, 0.05) is 32.4 Å². The molecule has 0 aliphatic heterocycles. The average Bonchev–Trinajstić information content (AvgIpc) is 3.32. The van der Waals surface area contributed by atoms with E-state index in [-0.39, 0.29) is 18.4 Å². The maximum absolute atomic E-state index is 13.3. The molecule has 0 saturated heterocycles. The van der Waals surface area contributed by atoms with E-state index < -0.39 is 0 Å². The molecule has 0 aliphatic carbocycles. The van der Waals surface area contributed by atoms with Crippen molar-refractivity contribution in [1.82, 2.24) is 9.80 Å². The van der Waals surface area contributed by atoms with Crippen molar-refractivity contribution >= 4 is 11.8 Å². The van der Waals surface area contributed by atoms with Gasteiger partial charge in [-0.2, -0.15) is 0 Å². The fourth-order valence-corrected chi connectivity index (χ4v) is 3.31. The standard InChI is InChI=1S/C25H28N2O4/c1-30-16-9-15-26(25(29)22-12-6-3-7-13-22)20-24(28)27(19-23-14-8-17-31-23)18-21-10-4-2-5-11-21/h2-8,10-14,17H,9,15-16,18-20H2,1H3. The van der Waals surface area contributed by atoms with E-state index in [1.54, 1.807) is 41.4 Å². The molecule has 162 valence electrons. The van der Waals surface area contributed by atoms with Crippen LogP contribution in [-0.2, 0) is 22.6 Å². The summed E-state index contributed by atoms with van der Waals surface area (Å²) < 4.78 is 10.6. The molecule has 0 spiro atoms. The van der Waals surface area contributed by atoms with Gasteiger partial charge in [-0.1, -0.05) is 48.5 Å². The Labute approximate surface area is 183 Å². The van der Waals surface area contributed by atoms with Gasteiger partial charge in [-0.25, -0.2) is 0 Å². The molecule has 0 bridgehead atoms. The van der Waals surface area contributed by atoms with Crippen LogP contribution in [0.4, 0.5) is 0 Å². The number of furan rings is 1. The van der Waals surface area contributed by atoms with Crippen LogP contribution in [-0.4, -0.2) is 48.4 Å². The molecular weight excluding hydrogens is 392 g/mol. The molecule has 0 radical (unpaired) electrons. The largest absolute Gasteiger partial charge is 0.467 e. The molecule has 2 amide bonds. The number of rotatable bonds is 11. The van der Waals surface area contributed by atoms with Crippen LogP contribution < -0.4 is 0 Å². The third kappa shape index (κ3) is 6.83. The van der Waals surface area contributed by atoms with Gasteiger partial charge in [0.25, 0.3) is 5.91 Å². The van der Waals surface area contributed by atoms with E-state index in [0.29, 0.717) is 44.0 Å². The Hall–Kier alpha value is -3.38. The lowest BCUT2D eigenvalue weighted by Crippen LogP contribution is -2.43. The lowest BCUT2D eigenvalue weighted by atomic mass is 10.2. The Kier molecular flexibility index (Phi) is 8.43. The highest BCUT2D eigenvalue weighted by atomic mass is 16.5. The minimum atomic E-state index is -0.164. The first-order valence-corrected chi connectivity index (χ1v) is 10.3. The molecule has 3 aromatic rings. The fraction of sp³-hybridized carbons (Fsp3) is 0.280. The molecule has 1 aromatic heterocycles. The maximum Gasteiger partial charge on any atom is 0.254 e. The van der Waals surface area contributed by atoms with Crippen LogP contribution in [0.1, 0.15) is 28.1 Å². The zero-order valence-corrected chi connectivity index (χ0v) is 17.8. The topological polar surface area (TPSA) is 63.0 Å². The summed E-state index contributed by atoms with van der Waals surface area (Å²) in [5.41, 5.74) is 1.58. The van der Waals surface area contributed by atoms with E-state index in [9.17, 15) is 9.59 Å². The molecule has 1 heterocycles. The Bertz CT molecular complexity index is 927. The van der Waals surface area contributed by atoms with Crippen LogP contribution in [0.15, 0.2) is 83.5 Å². The summed E-state index contributed by atoms with van der Waals surface area (Å²) in [5, 5.41) is 0. The number of carbonyl (C=O) groups excluding carboxylic acids is 2. The third-order valence-electron chi connectivity index (χ3n) is 4.91. The molecule has 3 rings (SSSR count). The van der Waals surface area contributed by atoms with Gasteiger partial charge in [0.15, 0.2) is 0 Å². The SMILES string of the molecule is COCCCN(CC(=O)N(Cc1ccccc1)Cc1ccco1)C(=O)c1ccccc1. The van der Waals surface area contributed by atoms with E-state index in [1.807, 2.05) is 54.6 Å². The molecule has 0 N–H and O–H groups in total. The van der Waals surface area contributed by atoms with Crippen molar-refractivity contribution in [2.24, 2.45) is 0 Å². The molecule has 0 unspecified atom stereocenters. The number of benzene rings is 2. The number of methoxy groups -OCH3 is 1. The van der Waals surface area contributed by atoms with E-state index in [2.05, 4.69) is 0 Å². The lowest BCUT2D eigenvalue weighted by molar-refractivity contribution is -0.133. The zero-order valence-electron chi connectivity index (χ0n) is 17.8. The summed E-state index contributed by atoms with van der Waals surface area (Å²) in [5.74, 6) is 0.397. The molecule has 0 fully saturated rings. The second kappa shape index (κ2) is 11.7. The van der Waals surface area contributed by atoms with Gasteiger partial charge in [-0.15, -0.1) is 0 Å². The molecule has 6 heteroatoms. The predicted octanol–water partition coefficient (Wildman–Crippen LogP) is 3.99. The summed E-state index contributed by atoms with van der Waals surface area (Å²) in [6, 6.07) is 22.5. The first-order chi connectivity index (χ1) is 15.2. The predicted molar refractivity (Wildman–Crippen MR) is 118 cm³/mol. The van der Waals surface area contributed by atoms with Gasteiger partial charge in [0.05, 0.1) is 12.8 Å². The van der Waals surface area contributed by atoms with Gasteiger partial charge in [0.1, 0.15) is 12.3 Å². The Balaban J connectivity index is 1.76. The fourth-order valence-electron chi connectivity index (χ4n) is 3.31. The highest BCUT2D eigenvalue weighted by Crippen LogP contribution is 2.13. The van der Waals surface area contributed by atoms with Crippen molar-refractivity contribution in [3.8, 4) is 0 Å². The van der Waals surface area contributed by atoms with Crippen molar-refractivity contribution in [3.05, 3.63) is 95.9 Å². The van der Waals surface area contributed by atoms with Crippen molar-refractivity contribution in [3.63, 3.8) is 0 Å². The van der Waals surface area contributed by atoms with Gasteiger partial charge in [-0.3, -0.25) is 9.59 Å². The minimum Gasteiger partial charge on any atom is -0.467 e. The number of carbonyl (C=O) groups is 2. The number of hydrogen-bond acceptors (Lipinski definition) is 4. The van der Waals surface area contributed by atoms with Crippen LogP contribution in [0.5, 0.6) is 0 Å². The second-order valence-electron chi connectivity index (χ2n) is 7.25. The summed E-state index contributed by atoms with van der Waals surface area (Å²) >= 11 is 0. The zero-order chi connectivity index (χ0) is 21.9. The van der Waals surface area contributed by atoms with E-state index in [4.69, 9.17) is 9.15 Å². The summed E-state index contributed by atoms with van der Waals surface area (Å²) in [7, 11) is 1.62. The lowest BCUT2D eigenvalue weighted by Gasteiger charge is -2.27. The molecule has 0 saturated carbocycles. The number of hydrogen-bond donors (Lipinski definition) is 0. The number of amides is 2. The normalized spacial score (nSPS) is 10.6. The van der Waals surface area contributed by atoms with Crippen LogP contribution in [0, 0.1) is 0 Å². The number of ether oxygens (including phenoxy) is 1. The van der Waals surface area contributed by atoms with Crippen LogP contribution in [0.3, 0.4) is 0 Å². The second-order valence-corrected chi connectivity index (χ2v) is 7.25. The quantitative estimate of drug-likeness (QED) is 0.440. The van der Waals surface area contributed by atoms with Crippen LogP contribution >= 0.6 is 0 Å². The van der Waals surface area contributed by atoms with Crippen molar-refractivity contribution in [2.75, 3.05) is 26.8 Å². The van der Waals surface area contributed by atoms with E-state index in [0.717, 1.165) is 5.56 Å². The van der Waals surface area contributed by atoms with Crippen molar-refractivity contribution in [1.29, 1.82) is 0 Å². The molecule has 0 atom stereocenters. The monoisotopic (exact) mass is 420 g/mol. The van der Waals surface area contributed by atoms with Gasteiger partial charge in [-0.05, 0) is 36.2 Å². The van der Waals surface area contributed by atoms with Gasteiger partial charge < -0.3 is 19.0 Å². The first-order valence-electron chi connectivity index (χ1n) is 10.3. The highest BCUT2D eigenvalue weighted by Gasteiger charge is 2.23. The Morgan fingerprint density at radius 2 is 1.58 bits per heavy atom. The van der Waals surface area contributed by atoms with Gasteiger partial charge >= 0.3 is 0 Å². The first kappa shape index (κ1) is 22.3. The van der Waals surface area contributed by atoms with Crippen molar-refractivity contribution in [2.45, 2.75) is 19.5 Å². The third-order valence-corrected chi connectivity index (χ3v) is 4.91. The smallest absolute Gasteiger partial charge is 0.254 e. The van der Waals surface area contributed by atoms with Crippen molar-refractivity contribution < 1.29 is 18.7 Å². The molecular formula is C25H28N2O4. The molecule has 6 nitrogen and oxygen atoms in total. The Morgan fingerprint density at radius 1 is 0.871 bits per heavy atom. The summed E-state index contributed by atoms with van der Waals surface area (Å²) in [4.78, 5) is 29.7. The molecule has 31 heavy (non-hydrogen) atoms. The van der Waals surface area contributed by atoms with Crippen LogP contribution in [0.25, 0.3) is 0 Å².